The summed E-state index contributed by atoms with van der Waals surface area (Å²) in [6, 6.07) is -0.430. The lowest BCUT2D eigenvalue weighted by Gasteiger charge is -2.20. The van der Waals surface area contributed by atoms with Crippen LogP contribution in [0.15, 0.2) is 0 Å². The Balaban J connectivity index is 3.93. The van der Waals surface area contributed by atoms with Crippen LogP contribution in [0, 0.1) is 0 Å². The van der Waals surface area contributed by atoms with E-state index >= 15 is 0 Å². The predicted molar refractivity (Wildman–Crippen MR) is 85.6 cm³/mol. The quantitative estimate of drug-likeness (QED) is 0.641. The summed E-state index contributed by atoms with van der Waals surface area (Å²) in [4.78, 5) is 34.5. The largest absolute Gasteiger partial charge is 0.444 e. The summed E-state index contributed by atoms with van der Waals surface area (Å²) in [5.41, 5.74) is -0.507. The Bertz CT molecular complexity index is 375. The van der Waals surface area contributed by atoms with Crippen LogP contribution >= 0.6 is 0 Å². The van der Waals surface area contributed by atoms with Crippen LogP contribution < -0.4 is 10.6 Å². The number of carbonyl (C=O) groups is 3. The molecule has 0 aromatic carbocycles. The third-order valence-corrected chi connectivity index (χ3v) is 2.89. The van der Waals surface area contributed by atoms with Gasteiger partial charge in [-0.3, -0.25) is 9.59 Å². The van der Waals surface area contributed by atoms with Gasteiger partial charge in [-0.15, -0.1) is 0 Å². The molecule has 0 heterocycles. The van der Waals surface area contributed by atoms with Crippen molar-refractivity contribution in [1.29, 1.82) is 0 Å². The first-order valence-electron chi connectivity index (χ1n) is 7.92. The zero-order valence-electron chi connectivity index (χ0n) is 14.5. The number of ketones is 1. The number of hydrogen-bond donors (Lipinski definition) is 2. The van der Waals surface area contributed by atoms with Crippen LogP contribution in [0.5, 0.6) is 0 Å². The van der Waals surface area contributed by atoms with Crippen molar-refractivity contribution < 1.29 is 19.1 Å². The van der Waals surface area contributed by atoms with E-state index in [4.69, 9.17) is 4.74 Å². The molecule has 2 amide bonds. The second-order valence-corrected chi connectivity index (χ2v) is 6.41. The fourth-order valence-electron chi connectivity index (χ4n) is 1.85. The number of amides is 2. The zero-order chi connectivity index (χ0) is 17.2. The second kappa shape index (κ2) is 10.2. The van der Waals surface area contributed by atoms with Gasteiger partial charge in [0, 0.05) is 13.0 Å². The van der Waals surface area contributed by atoms with Crippen LogP contribution in [0.3, 0.4) is 0 Å². The molecule has 1 atom stereocenters. The number of unbranched alkanes of at least 4 members (excludes halogenated alkanes) is 1. The molecule has 22 heavy (non-hydrogen) atoms. The summed E-state index contributed by atoms with van der Waals surface area (Å²) < 4.78 is 5.12. The number of Topliss-reactive ketones (excluding diaryl/α,β-unsaturated/α-hetero) is 1. The molecule has 1 unspecified atom stereocenters. The normalized spacial score (nSPS) is 12.4. The molecule has 0 saturated carbocycles. The average molecular weight is 314 g/mol. The fraction of sp³-hybridized carbons (Fsp3) is 0.812. The van der Waals surface area contributed by atoms with Gasteiger partial charge >= 0.3 is 6.09 Å². The van der Waals surface area contributed by atoms with Gasteiger partial charge in [0.15, 0.2) is 5.78 Å². The van der Waals surface area contributed by atoms with Gasteiger partial charge < -0.3 is 15.4 Å². The van der Waals surface area contributed by atoms with E-state index in [2.05, 4.69) is 10.6 Å². The fourth-order valence-corrected chi connectivity index (χ4v) is 1.85. The van der Waals surface area contributed by atoms with E-state index in [1.807, 2.05) is 27.7 Å². The van der Waals surface area contributed by atoms with Crippen molar-refractivity contribution in [3.8, 4) is 0 Å². The Hall–Kier alpha value is -1.59. The van der Waals surface area contributed by atoms with E-state index in [-0.39, 0.29) is 11.7 Å². The van der Waals surface area contributed by atoms with E-state index < -0.39 is 17.7 Å². The maximum Gasteiger partial charge on any atom is 0.407 e. The summed E-state index contributed by atoms with van der Waals surface area (Å²) in [5, 5.41) is 5.42. The second-order valence-electron chi connectivity index (χ2n) is 6.41. The van der Waals surface area contributed by atoms with Crippen LogP contribution in [-0.2, 0) is 14.3 Å². The van der Waals surface area contributed by atoms with Gasteiger partial charge in [-0.2, -0.15) is 0 Å². The molecule has 128 valence electrons. The molecular weight excluding hydrogens is 284 g/mol. The highest BCUT2D eigenvalue weighted by Gasteiger charge is 2.17. The van der Waals surface area contributed by atoms with E-state index in [9.17, 15) is 14.4 Å². The van der Waals surface area contributed by atoms with Crippen LogP contribution in [0.25, 0.3) is 0 Å². The maximum absolute atomic E-state index is 11.5. The van der Waals surface area contributed by atoms with Crippen molar-refractivity contribution in [3.63, 3.8) is 0 Å². The zero-order valence-corrected chi connectivity index (χ0v) is 14.5. The molecule has 0 fully saturated rings. The number of alkyl carbamates (subject to hydrolysis) is 1. The molecule has 6 heteroatoms. The topological polar surface area (TPSA) is 84.5 Å². The first-order valence-corrected chi connectivity index (χ1v) is 7.92. The van der Waals surface area contributed by atoms with Crippen LogP contribution in [0.4, 0.5) is 4.79 Å². The lowest BCUT2D eigenvalue weighted by Crippen LogP contribution is -2.39. The van der Waals surface area contributed by atoms with Crippen molar-refractivity contribution in [1.82, 2.24) is 10.6 Å². The Morgan fingerprint density at radius 3 is 2.27 bits per heavy atom. The van der Waals surface area contributed by atoms with Crippen LogP contribution in [0.1, 0.15) is 66.7 Å². The van der Waals surface area contributed by atoms with Gasteiger partial charge in [-0.1, -0.05) is 6.92 Å². The number of nitrogens with one attached hydrogen (secondary N) is 2. The number of carbonyl (C=O) groups excluding carboxylic acids is 3. The van der Waals surface area contributed by atoms with Gasteiger partial charge in [0.1, 0.15) is 5.60 Å². The van der Waals surface area contributed by atoms with Crippen LogP contribution in [0.2, 0.25) is 0 Å². The molecule has 0 spiro atoms. The van der Waals surface area contributed by atoms with Gasteiger partial charge in [0.05, 0.1) is 6.04 Å². The smallest absolute Gasteiger partial charge is 0.407 e. The molecule has 0 aromatic heterocycles. The SMILES string of the molecule is CCCC(=O)NC(CCCCNC(=O)OC(C)(C)C)C(C)=O. The molecule has 0 aliphatic carbocycles. The van der Waals surface area contributed by atoms with Gasteiger partial charge in [0.25, 0.3) is 0 Å². The number of hydrogen-bond acceptors (Lipinski definition) is 4. The first-order chi connectivity index (χ1) is 10.2. The number of rotatable bonds is 9. The molecule has 6 nitrogen and oxygen atoms in total. The first kappa shape index (κ1) is 20.4. The van der Waals surface area contributed by atoms with E-state index in [1.54, 1.807) is 0 Å². The Kier molecular flexibility index (Phi) is 9.45. The monoisotopic (exact) mass is 314 g/mol. The van der Waals surface area contributed by atoms with Gasteiger partial charge in [-0.05, 0) is 53.4 Å². The third kappa shape index (κ3) is 11.1. The lowest BCUT2D eigenvalue weighted by atomic mass is 10.1. The van der Waals surface area contributed by atoms with Crippen molar-refractivity contribution in [2.75, 3.05) is 6.54 Å². The van der Waals surface area contributed by atoms with Crippen molar-refractivity contribution in [2.24, 2.45) is 0 Å². The molecule has 0 aliphatic rings. The minimum Gasteiger partial charge on any atom is -0.444 e. The molecule has 0 rings (SSSR count). The van der Waals surface area contributed by atoms with Crippen molar-refractivity contribution in [2.45, 2.75) is 78.4 Å². The summed E-state index contributed by atoms with van der Waals surface area (Å²) in [6.45, 7) is 9.32. The Morgan fingerprint density at radius 1 is 1.14 bits per heavy atom. The van der Waals surface area contributed by atoms with Crippen LogP contribution in [-0.4, -0.2) is 36.0 Å². The average Bonchev–Trinajstić information content (AvgIpc) is 2.34. The van der Waals surface area contributed by atoms with Crippen molar-refractivity contribution in [3.05, 3.63) is 0 Å². The highest BCUT2D eigenvalue weighted by atomic mass is 16.6. The molecule has 0 aliphatic heterocycles. The highest BCUT2D eigenvalue weighted by molar-refractivity contribution is 5.87. The molecule has 0 saturated heterocycles. The Morgan fingerprint density at radius 2 is 1.77 bits per heavy atom. The maximum atomic E-state index is 11.5. The third-order valence-electron chi connectivity index (χ3n) is 2.89. The molecule has 0 bridgehead atoms. The lowest BCUT2D eigenvalue weighted by molar-refractivity contribution is -0.127. The standard InChI is InChI=1S/C16H30N2O4/c1-6-9-14(20)18-13(12(2)19)10-7-8-11-17-15(21)22-16(3,4)5/h13H,6-11H2,1-5H3,(H,17,21)(H,18,20). The van der Waals surface area contributed by atoms with E-state index in [0.717, 1.165) is 19.3 Å². The van der Waals surface area contributed by atoms with Crippen molar-refractivity contribution >= 4 is 17.8 Å². The summed E-state index contributed by atoms with van der Waals surface area (Å²) in [7, 11) is 0. The summed E-state index contributed by atoms with van der Waals surface area (Å²) in [5.74, 6) is -0.126. The molecule has 0 aromatic rings. The number of ether oxygens (including phenoxy) is 1. The predicted octanol–water partition coefficient (Wildman–Crippen LogP) is 2.56. The summed E-state index contributed by atoms with van der Waals surface area (Å²) in [6.07, 6.45) is 2.81. The van der Waals surface area contributed by atoms with Gasteiger partial charge in [-0.25, -0.2) is 4.79 Å². The summed E-state index contributed by atoms with van der Waals surface area (Å²) >= 11 is 0. The highest BCUT2D eigenvalue weighted by Crippen LogP contribution is 2.07. The molecule has 2 N–H and O–H groups in total. The minimum absolute atomic E-state index is 0.0374. The Labute approximate surface area is 133 Å². The van der Waals surface area contributed by atoms with Gasteiger partial charge in [0.2, 0.25) is 5.91 Å². The molecular formula is C16H30N2O4. The van der Waals surface area contributed by atoms with E-state index in [1.165, 1.54) is 6.92 Å². The van der Waals surface area contributed by atoms with E-state index in [0.29, 0.717) is 19.4 Å². The minimum atomic E-state index is -0.507. The molecule has 0 radical (unpaired) electrons.